The Morgan fingerprint density at radius 3 is 2.47 bits per heavy atom. The first-order valence-corrected chi connectivity index (χ1v) is 10.2. The van der Waals surface area contributed by atoms with Gasteiger partial charge in [0.15, 0.2) is 5.69 Å². The molecule has 3 rings (SSSR count). The standard InChI is InChI=1S/C23H26N4O5/c1-5-14(2)25-20(28)13-24-22(29)21-16-8-6-7-9-17(16)23(30)27(26-21)18-11-10-15(31-3)12-19(18)32-4/h6-12,14H,5,13H2,1-4H3,(H,24,29)(H,25,28)/t14-/m1/s1. The first-order chi connectivity index (χ1) is 15.4. The molecule has 2 amide bonds. The summed E-state index contributed by atoms with van der Waals surface area (Å²) in [6.45, 7) is 3.63. The molecule has 1 aromatic heterocycles. The van der Waals surface area contributed by atoms with Crippen LogP contribution in [0.1, 0.15) is 30.8 Å². The van der Waals surface area contributed by atoms with E-state index >= 15 is 0 Å². The normalized spacial score (nSPS) is 11.6. The molecule has 0 fully saturated rings. The maximum Gasteiger partial charge on any atom is 0.279 e. The van der Waals surface area contributed by atoms with Crippen LogP contribution in [-0.2, 0) is 4.79 Å². The van der Waals surface area contributed by atoms with Gasteiger partial charge in [-0.25, -0.2) is 0 Å². The van der Waals surface area contributed by atoms with E-state index in [1.54, 1.807) is 42.5 Å². The number of nitrogens with one attached hydrogen (secondary N) is 2. The fraction of sp³-hybridized carbons (Fsp3) is 0.304. The van der Waals surface area contributed by atoms with Gasteiger partial charge >= 0.3 is 0 Å². The van der Waals surface area contributed by atoms with Crippen molar-refractivity contribution in [2.75, 3.05) is 20.8 Å². The Bertz CT molecular complexity index is 1200. The van der Waals surface area contributed by atoms with Crippen LogP contribution in [0, 0.1) is 0 Å². The van der Waals surface area contributed by atoms with Gasteiger partial charge in [0.05, 0.1) is 26.2 Å². The molecule has 2 N–H and O–H groups in total. The van der Waals surface area contributed by atoms with Crippen molar-refractivity contribution in [2.45, 2.75) is 26.3 Å². The average Bonchev–Trinajstić information content (AvgIpc) is 2.82. The molecule has 2 aromatic carbocycles. The molecule has 0 spiro atoms. The number of amides is 2. The molecule has 0 saturated carbocycles. The van der Waals surface area contributed by atoms with Gasteiger partial charge in [0.25, 0.3) is 11.5 Å². The quantitative estimate of drug-likeness (QED) is 0.557. The van der Waals surface area contributed by atoms with Crippen molar-refractivity contribution in [3.8, 4) is 17.2 Å². The molecular weight excluding hydrogens is 412 g/mol. The van der Waals surface area contributed by atoms with E-state index in [1.807, 2.05) is 13.8 Å². The number of nitrogens with zero attached hydrogens (tertiary/aromatic N) is 2. The van der Waals surface area contributed by atoms with Crippen molar-refractivity contribution in [2.24, 2.45) is 0 Å². The summed E-state index contributed by atoms with van der Waals surface area (Å²) in [4.78, 5) is 38.2. The number of aromatic nitrogens is 2. The highest BCUT2D eigenvalue weighted by Crippen LogP contribution is 2.27. The summed E-state index contributed by atoms with van der Waals surface area (Å²) < 4.78 is 11.7. The number of carbonyl (C=O) groups is 2. The molecule has 1 heterocycles. The molecule has 1 atom stereocenters. The van der Waals surface area contributed by atoms with Crippen molar-refractivity contribution >= 4 is 22.6 Å². The van der Waals surface area contributed by atoms with Crippen molar-refractivity contribution in [3.63, 3.8) is 0 Å². The van der Waals surface area contributed by atoms with E-state index < -0.39 is 11.5 Å². The lowest BCUT2D eigenvalue weighted by Crippen LogP contribution is -2.41. The molecule has 0 bridgehead atoms. The topological polar surface area (TPSA) is 112 Å². The molecule has 168 valence electrons. The van der Waals surface area contributed by atoms with Crippen molar-refractivity contribution in [3.05, 3.63) is 58.5 Å². The molecule has 3 aromatic rings. The monoisotopic (exact) mass is 438 g/mol. The first-order valence-electron chi connectivity index (χ1n) is 10.2. The van der Waals surface area contributed by atoms with Gasteiger partial charge in [-0.3, -0.25) is 14.4 Å². The third kappa shape index (κ3) is 4.72. The Balaban J connectivity index is 2.05. The fourth-order valence-corrected chi connectivity index (χ4v) is 3.15. The zero-order valence-corrected chi connectivity index (χ0v) is 18.5. The number of hydrogen-bond donors (Lipinski definition) is 2. The number of methoxy groups -OCH3 is 2. The van der Waals surface area contributed by atoms with E-state index in [-0.39, 0.29) is 24.2 Å². The van der Waals surface area contributed by atoms with Gasteiger partial charge in [-0.05, 0) is 31.5 Å². The summed E-state index contributed by atoms with van der Waals surface area (Å²) >= 11 is 0. The van der Waals surface area contributed by atoms with Gasteiger partial charge in [-0.15, -0.1) is 0 Å². The Morgan fingerprint density at radius 1 is 1.09 bits per heavy atom. The van der Waals surface area contributed by atoms with Crippen LogP contribution in [-0.4, -0.2) is 48.4 Å². The highest BCUT2D eigenvalue weighted by atomic mass is 16.5. The molecule has 9 nitrogen and oxygen atoms in total. The van der Waals surface area contributed by atoms with Crippen LogP contribution in [0.25, 0.3) is 16.5 Å². The summed E-state index contributed by atoms with van der Waals surface area (Å²) in [7, 11) is 2.99. The number of hydrogen-bond acceptors (Lipinski definition) is 6. The SMILES string of the molecule is CC[C@@H](C)NC(=O)CNC(=O)c1nn(-c2ccc(OC)cc2OC)c(=O)c2ccccc12. The Morgan fingerprint density at radius 2 is 1.81 bits per heavy atom. The molecule has 0 saturated heterocycles. The summed E-state index contributed by atoms with van der Waals surface area (Å²) in [5.74, 6) is 0.0297. The number of benzene rings is 2. The maximum absolute atomic E-state index is 13.2. The average molecular weight is 438 g/mol. The lowest BCUT2D eigenvalue weighted by Gasteiger charge is -2.15. The Kier molecular flexibility index (Phi) is 7.09. The van der Waals surface area contributed by atoms with Crippen molar-refractivity contribution < 1.29 is 19.1 Å². The van der Waals surface area contributed by atoms with Crippen LogP contribution in [0.15, 0.2) is 47.3 Å². The lowest BCUT2D eigenvalue weighted by atomic mass is 10.1. The largest absolute Gasteiger partial charge is 0.497 e. The number of fused-ring (bicyclic) bond motifs is 1. The van der Waals surface area contributed by atoms with Crippen LogP contribution >= 0.6 is 0 Å². The number of rotatable bonds is 8. The number of carbonyl (C=O) groups excluding carboxylic acids is 2. The van der Waals surface area contributed by atoms with E-state index in [0.717, 1.165) is 11.1 Å². The second-order valence-corrected chi connectivity index (χ2v) is 7.21. The summed E-state index contributed by atoms with van der Waals surface area (Å²) in [5, 5.41) is 10.4. The summed E-state index contributed by atoms with van der Waals surface area (Å²) in [5.41, 5.74) is -0.0304. The minimum atomic E-state index is -0.568. The predicted molar refractivity (Wildman–Crippen MR) is 121 cm³/mol. The molecular formula is C23H26N4O5. The van der Waals surface area contributed by atoms with Crippen molar-refractivity contribution in [1.82, 2.24) is 20.4 Å². The smallest absolute Gasteiger partial charge is 0.279 e. The summed E-state index contributed by atoms with van der Waals surface area (Å²) in [6.07, 6.45) is 0.778. The minimum absolute atomic E-state index is 0.00259. The minimum Gasteiger partial charge on any atom is -0.497 e. The van der Waals surface area contributed by atoms with Crippen LogP contribution in [0.2, 0.25) is 0 Å². The first kappa shape index (κ1) is 22.8. The molecule has 0 radical (unpaired) electrons. The Labute approximate surface area is 185 Å². The van der Waals surface area contributed by atoms with E-state index in [0.29, 0.717) is 28.0 Å². The molecule has 0 aliphatic carbocycles. The van der Waals surface area contributed by atoms with Crippen molar-refractivity contribution in [1.29, 1.82) is 0 Å². The molecule has 0 aliphatic heterocycles. The predicted octanol–water partition coefficient (Wildman–Crippen LogP) is 2.05. The van der Waals surface area contributed by atoms with E-state index in [4.69, 9.17) is 9.47 Å². The van der Waals surface area contributed by atoms with Crippen LogP contribution in [0.4, 0.5) is 0 Å². The zero-order valence-electron chi connectivity index (χ0n) is 18.5. The van der Waals surface area contributed by atoms with E-state index in [9.17, 15) is 14.4 Å². The molecule has 0 unspecified atom stereocenters. The van der Waals surface area contributed by atoms with Gasteiger partial charge in [-0.2, -0.15) is 9.78 Å². The molecule has 0 aliphatic rings. The van der Waals surface area contributed by atoms with Gasteiger partial charge in [0.2, 0.25) is 5.91 Å². The molecule has 9 heteroatoms. The second-order valence-electron chi connectivity index (χ2n) is 7.21. The van der Waals surface area contributed by atoms with Gasteiger partial charge in [0, 0.05) is 17.5 Å². The van der Waals surface area contributed by atoms with Crippen LogP contribution < -0.4 is 25.7 Å². The van der Waals surface area contributed by atoms with Gasteiger partial charge < -0.3 is 20.1 Å². The number of ether oxygens (including phenoxy) is 2. The van der Waals surface area contributed by atoms with Crippen LogP contribution in [0.5, 0.6) is 11.5 Å². The Hall–Kier alpha value is -3.88. The van der Waals surface area contributed by atoms with E-state index in [1.165, 1.54) is 14.2 Å². The summed E-state index contributed by atoms with van der Waals surface area (Å²) in [6, 6.07) is 11.6. The third-order valence-corrected chi connectivity index (χ3v) is 5.06. The highest BCUT2D eigenvalue weighted by molar-refractivity contribution is 6.05. The maximum atomic E-state index is 13.2. The van der Waals surface area contributed by atoms with Gasteiger partial charge in [0.1, 0.15) is 17.2 Å². The van der Waals surface area contributed by atoms with Crippen LogP contribution in [0.3, 0.4) is 0 Å². The van der Waals surface area contributed by atoms with E-state index in [2.05, 4.69) is 15.7 Å². The molecule has 32 heavy (non-hydrogen) atoms. The zero-order chi connectivity index (χ0) is 23.3. The third-order valence-electron chi connectivity index (χ3n) is 5.06. The lowest BCUT2D eigenvalue weighted by molar-refractivity contribution is -0.120. The fourth-order valence-electron chi connectivity index (χ4n) is 3.15. The van der Waals surface area contributed by atoms with Gasteiger partial charge in [-0.1, -0.05) is 25.1 Å². The highest BCUT2D eigenvalue weighted by Gasteiger charge is 2.20. The second kappa shape index (κ2) is 9.95.